The fourth-order valence-electron chi connectivity index (χ4n) is 3.66. The molecule has 1 N–H and O–H groups in total. The second-order valence-electron chi connectivity index (χ2n) is 7.03. The van der Waals surface area contributed by atoms with Crippen molar-refractivity contribution in [2.24, 2.45) is 0 Å². The number of carboxylic acid groups (broad SMARTS) is 1. The van der Waals surface area contributed by atoms with Crippen LogP contribution in [0.15, 0.2) is 4.52 Å². The number of likely N-dealkylation sites (N-methyl/N-ethyl adjacent to an activating group) is 1. The summed E-state index contributed by atoms with van der Waals surface area (Å²) in [5, 5.41) is 17.8. The molecule has 0 amide bonds. The minimum absolute atomic E-state index is 0.198. The lowest BCUT2D eigenvalue weighted by atomic mass is 9.90. The highest BCUT2D eigenvalue weighted by molar-refractivity contribution is 5.87. The Hall–Kier alpha value is -2.22. The summed E-state index contributed by atoms with van der Waals surface area (Å²) < 4.78 is 7.20. The molecule has 2 aromatic heterocycles. The molecule has 2 aromatic rings. The van der Waals surface area contributed by atoms with Gasteiger partial charge in [0.25, 0.3) is 0 Å². The molecule has 134 valence electrons. The third-order valence-corrected chi connectivity index (χ3v) is 5.26. The number of fused-ring (bicyclic) bond motifs is 1. The van der Waals surface area contributed by atoms with Crippen molar-refractivity contribution in [2.75, 3.05) is 7.05 Å². The first kappa shape index (κ1) is 16.3. The van der Waals surface area contributed by atoms with Gasteiger partial charge in [-0.25, -0.2) is 4.79 Å². The summed E-state index contributed by atoms with van der Waals surface area (Å²) in [6.07, 6.45) is 4.81. The summed E-state index contributed by atoms with van der Waals surface area (Å²) in [6, 6.07) is 0.247. The summed E-state index contributed by atoms with van der Waals surface area (Å²) in [4.78, 5) is 18.2. The van der Waals surface area contributed by atoms with Crippen molar-refractivity contribution in [1.82, 2.24) is 24.8 Å². The Morgan fingerprint density at radius 1 is 1.40 bits per heavy atom. The molecule has 2 aliphatic rings. The number of nitrogens with zero attached hydrogens (tertiary/aromatic N) is 5. The Morgan fingerprint density at radius 3 is 2.88 bits per heavy atom. The number of hydrogen-bond acceptors (Lipinski definition) is 6. The fourth-order valence-corrected chi connectivity index (χ4v) is 3.66. The third kappa shape index (κ3) is 3.06. The zero-order valence-electron chi connectivity index (χ0n) is 14.6. The van der Waals surface area contributed by atoms with Crippen molar-refractivity contribution in [3.63, 3.8) is 0 Å². The molecule has 0 radical (unpaired) electrons. The van der Waals surface area contributed by atoms with E-state index in [4.69, 9.17) is 4.52 Å². The largest absolute Gasteiger partial charge is 0.476 e. The molecule has 8 heteroatoms. The predicted octanol–water partition coefficient (Wildman–Crippen LogP) is 1.85. The van der Waals surface area contributed by atoms with Gasteiger partial charge in [0.1, 0.15) is 0 Å². The van der Waals surface area contributed by atoms with Crippen LogP contribution in [0.3, 0.4) is 0 Å². The van der Waals surface area contributed by atoms with E-state index in [2.05, 4.69) is 20.1 Å². The van der Waals surface area contributed by atoms with Gasteiger partial charge in [-0.2, -0.15) is 10.1 Å². The van der Waals surface area contributed by atoms with Gasteiger partial charge in [0.05, 0.1) is 6.54 Å². The smallest absolute Gasteiger partial charge is 0.356 e. The Morgan fingerprint density at radius 2 is 2.20 bits per heavy atom. The lowest BCUT2D eigenvalue weighted by molar-refractivity contribution is 0.0687. The van der Waals surface area contributed by atoms with Crippen LogP contribution in [0.25, 0.3) is 0 Å². The molecular formula is C17H23N5O3. The van der Waals surface area contributed by atoms with Gasteiger partial charge in [0.2, 0.25) is 5.89 Å². The topological polar surface area (TPSA) is 97.3 Å². The summed E-state index contributed by atoms with van der Waals surface area (Å²) in [5.41, 5.74) is 2.14. The van der Waals surface area contributed by atoms with Gasteiger partial charge in [-0.05, 0) is 46.1 Å². The standard InChI is InChI=1S/C17H23N5O3/c1-3-22-13-7-6-11(8-12(13)15(19-22)17(23)24)21(2)9-14-18-16(20-25-14)10-4-5-10/h10-11H,3-9H2,1-2H3,(H,23,24)/t11-/m1/s1. The molecule has 0 spiro atoms. The maximum Gasteiger partial charge on any atom is 0.356 e. The monoisotopic (exact) mass is 345 g/mol. The highest BCUT2D eigenvalue weighted by Gasteiger charge is 2.32. The summed E-state index contributed by atoms with van der Waals surface area (Å²) in [6.45, 7) is 3.27. The molecular weight excluding hydrogens is 322 g/mol. The van der Waals surface area contributed by atoms with E-state index in [9.17, 15) is 9.90 Å². The molecule has 1 atom stereocenters. The van der Waals surface area contributed by atoms with Gasteiger partial charge in [-0.3, -0.25) is 9.58 Å². The number of carboxylic acids is 1. The summed E-state index contributed by atoms with van der Waals surface area (Å²) in [5.74, 6) is 1.00. The second kappa shape index (κ2) is 6.25. The predicted molar refractivity (Wildman–Crippen MR) is 88.4 cm³/mol. The molecule has 0 bridgehead atoms. The van der Waals surface area contributed by atoms with Gasteiger partial charge >= 0.3 is 5.97 Å². The Kier molecular flexibility index (Phi) is 4.07. The normalized spacial score (nSPS) is 20.0. The van der Waals surface area contributed by atoms with Crippen LogP contribution in [0.5, 0.6) is 0 Å². The first-order valence-electron chi connectivity index (χ1n) is 8.91. The van der Waals surface area contributed by atoms with Crippen LogP contribution in [0, 0.1) is 0 Å². The van der Waals surface area contributed by atoms with Crippen LogP contribution < -0.4 is 0 Å². The molecule has 1 saturated carbocycles. The molecule has 0 aromatic carbocycles. The fraction of sp³-hybridized carbons (Fsp3) is 0.647. The van der Waals surface area contributed by atoms with E-state index in [1.807, 2.05) is 18.7 Å². The van der Waals surface area contributed by atoms with E-state index in [-0.39, 0.29) is 11.7 Å². The van der Waals surface area contributed by atoms with E-state index in [1.165, 1.54) is 0 Å². The highest BCUT2D eigenvalue weighted by atomic mass is 16.5. The first-order chi connectivity index (χ1) is 12.1. The zero-order chi connectivity index (χ0) is 17.6. The lowest BCUT2D eigenvalue weighted by Crippen LogP contribution is -2.36. The van der Waals surface area contributed by atoms with Gasteiger partial charge < -0.3 is 9.63 Å². The van der Waals surface area contributed by atoms with Crippen LogP contribution in [-0.4, -0.2) is 49.0 Å². The SMILES string of the molecule is CCn1nc(C(=O)O)c2c1CC[C@@H](N(C)Cc1nc(C3CC3)no1)C2. The summed E-state index contributed by atoms with van der Waals surface area (Å²) in [7, 11) is 2.03. The average molecular weight is 345 g/mol. The first-order valence-corrected chi connectivity index (χ1v) is 8.91. The molecule has 2 heterocycles. The molecule has 0 saturated heterocycles. The zero-order valence-corrected chi connectivity index (χ0v) is 14.6. The number of aryl methyl sites for hydroxylation is 1. The van der Waals surface area contributed by atoms with Crippen LogP contribution in [0.4, 0.5) is 0 Å². The van der Waals surface area contributed by atoms with E-state index in [0.29, 0.717) is 31.3 Å². The number of hydrogen-bond donors (Lipinski definition) is 1. The van der Waals surface area contributed by atoms with E-state index < -0.39 is 5.97 Å². The third-order valence-electron chi connectivity index (χ3n) is 5.26. The van der Waals surface area contributed by atoms with Gasteiger partial charge in [0, 0.05) is 29.8 Å². The molecule has 4 rings (SSSR count). The van der Waals surface area contributed by atoms with Crippen molar-refractivity contribution >= 4 is 5.97 Å². The van der Waals surface area contributed by atoms with Gasteiger partial charge in [-0.15, -0.1) is 0 Å². The highest BCUT2D eigenvalue weighted by Crippen LogP contribution is 2.38. The minimum atomic E-state index is -0.947. The average Bonchev–Trinajstić information content (AvgIpc) is 3.23. The van der Waals surface area contributed by atoms with Crippen molar-refractivity contribution in [3.8, 4) is 0 Å². The Bertz CT molecular complexity index is 792. The van der Waals surface area contributed by atoms with Crippen LogP contribution in [-0.2, 0) is 25.9 Å². The van der Waals surface area contributed by atoms with Crippen molar-refractivity contribution < 1.29 is 14.4 Å². The minimum Gasteiger partial charge on any atom is -0.476 e. The summed E-state index contributed by atoms with van der Waals surface area (Å²) >= 11 is 0. The lowest BCUT2D eigenvalue weighted by Gasteiger charge is -2.30. The van der Waals surface area contributed by atoms with E-state index in [1.54, 1.807) is 0 Å². The molecule has 8 nitrogen and oxygen atoms in total. The van der Waals surface area contributed by atoms with E-state index >= 15 is 0 Å². The van der Waals surface area contributed by atoms with Gasteiger partial charge in [0.15, 0.2) is 11.5 Å². The van der Waals surface area contributed by atoms with Crippen LogP contribution in [0.2, 0.25) is 0 Å². The number of aromatic carboxylic acids is 1. The quantitative estimate of drug-likeness (QED) is 0.853. The molecule has 2 aliphatic carbocycles. The molecule has 25 heavy (non-hydrogen) atoms. The van der Waals surface area contributed by atoms with Gasteiger partial charge in [-0.1, -0.05) is 5.16 Å². The maximum absolute atomic E-state index is 11.5. The van der Waals surface area contributed by atoms with Crippen LogP contribution >= 0.6 is 0 Å². The van der Waals surface area contributed by atoms with E-state index in [0.717, 1.165) is 42.8 Å². The van der Waals surface area contributed by atoms with Crippen molar-refractivity contribution in [3.05, 3.63) is 28.7 Å². The number of aromatic nitrogens is 4. The second-order valence-corrected chi connectivity index (χ2v) is 7.03. The van der Waals surface area contributed by atoms with Crippen molar-refractivity contribution in [2.45, 2.75) is 64.1 Å². The Balaban J connectivity index is 1.48. The molecule has 0 unspecified atom stereocenters. The Labute approximate surface area is 145 Å². The van der Waals surface area contributed by atoms with Crippen LogP contribution in [0.1, 0.15) is 65.6 Å². The maximum atomic E-state index is 11.5. The molecule has 0 aliphatic heterocycles. The number of carbonyl (C=O) groups is 1. The number of rotatable bonds is 6. The van der Waals surface area contributed by atoms with Crippen molar-refractivity contribution in [1.29, 1.82) is 0 Å². The molecule has 1 fully saturated rings.